The van der Waals surface area contributed by atoms with E-state index in [4.69, 9.17) is 15.2 Å². The molecular weight excluding hydrogens is 339 g/mol. The molecule has 0 amide bonds. The first-order chi connectivity index (χ1) is 12.4. The fourth-order valence-corrected chi connectivity index (χ4v) is 2.98. The zero-order chi connectivity index (χ0) is 19.3. The summed E-state index contributed by atoms with van der Waals surface area (Å²) in [7, 11) is 0. The van der Waals surface area contributed by atoms with Gasteiger partial charge in [0.2, 0.25) is 0 Å². The van der Waals surface area contributed by atoms with Crippen molar-refractivity contribution in [2.24, 2.45) is 5.73 Å². The molecule has 0 fully saturated rings. The number of hydrogen-bond donors (Lipinski definition) is 2. The van der Waals surface area contributed by atoms with Crippen LogP contribution in [0.4, 0.5) is 4.39 Å². The summed E-state index contributed by atoms with van der Waals surface area (Å²) in [6, 6.07) is 5.62. The van der Waals surface area contributed by atoms with Crippen LogP contribution in [0.15, 0.2) is 46.8 Å². The van der Waals surface area contributed by atoms with E-state index in [-0.39, 0.29) is 30.9 Å². The highest BCUT2D eigenvalue weighted by Gasteiger charge is 2.38. The highest BCUT2D eigenvalue weighted by molar-refractivity contribution is 6.00. The van der Waals surface area contributed by atoms with E-state index < -0.39 is 23.7 Å². The van der Waals surface area contributed by atoms with Gasteiger partial charge in [-0.1, -0.05) is 12.1 Å². The number of dihydropyridines is 1. The number of nitrogens with one attached hydrogen (secondary N) is 1. The van der Waals surface area contributed by atoms with E-state index in [2.05, 4.69) is 5.32 Å². The Labute approximate surface area is 151 Å². The van der Waals surface area contributed by atoms with E-state index >= 15 is 0 Å². The number of carbonyl (C=O) groups excluding carboxylic acids is 2. The van der Waals surface area contributed by atoms with E-state index in [0.717, 1.165) is 0 Å². The lowest BCUT2D eigenvalue weighted by molar-refractivity contribution is -0.139. The molecule has 1 aromatic carbocycles. The smallest absolute Gasteiger partial charge is 0.336 e. The molecule has 7 heteroatoms. The Hall–Kier alpha value is -2.67. The van der Waals surface area contributed by atoms with Crippen LogP contribution in [0.3, 0.4) is 0 Å². The molecule has 1 aromatic rings. The number of esters is 2. The summed E-state index contributed by atoms with van der Waals surface area (Å²) in [6.07, 6.45) is 0. The Morgan fingerprint density at radius 1 is 1.08 bits per heavy atom. The van der Waals surface area contributed by atoms with Crippen LogP contribution in [0.1, 0.15) is 32.3 Å². The maximum Gasteiger partial charge on any atom is 0.336 e. The van der Waals surface area contributed by atoms with E-state index in [1.54, 1.807) is 20.8 Å². The quantitative estimate of drug-likeness (QED) is 0.754. The van der Waals surface area contributed by atoms with Crippen LogP contribution in [0.2, 0.25) is 0 Å². The maximum atomic E-state index is 13.4. The van der Waals surface area contributed by atoms with Crippen molar-refractivity contribution >= 4 is 11.9 Å². The number of halogens is 1. The average molecular weight is 362 g/mol. The standard InChI is InChI=1S/C19H23FN2O4/c1-4-25-18(23)15-11(3)22-14(10-21)17(19(24)26-5-2)16(15)12-6-8-13(20)9-7-12/h6-9,16,22H,4-5,10,21H2,1-3H3. The Morgan fingerprint density at radius 2 is 1.62 bits per heavy atom. The molecule has 0 spiro atoms. The second-order valence-electron chi connectivity index (χ2n) is 5.69. The molecule has 2 rings (SSSR count). The Balaban J connectivity index is 2.66. The van der Waals surface area contributed by atoms with Crippen molar-refractivity contribution in [3.05, 3.63) is 58.2 Å². The van der Waals surface area contributed by atoms with Gasteiger partial charge < -0.3 is 20.5 Å². The third kappa shape index (κ3) is 3.94. The van der Waals surface area contributed by atoms with Crippen LogP contribution in [0, 0.1) is 5.82 Å². The third-order valence-electron chi connectivity index (χ3n) is 4.04. The number of ether oxygens (including phenoxy) is 2. The van der Waals surface area contributed by atoms with Crippen LogP contribution in [0.25, 0.3) is 0 Å². The molecule has 0 saturated heterocycles. The van der Waals surface area contributed by atoms with Gasteiger partial charge in [0.1, 0.15) is 5.82 Å². The molecule has 1 aliphatic rings. The Kier molecular flexibility index (Phi) is 6.52. The molecule has 0 aliphatic carbocycles. The first kappa shape index (κ1) is 19.7. The lowest BCUT2D eigenvalue weighted by atomic mass is 9.80. The topological polar surface area (TPSA) is 90.6 Å². The van der Waals surface area contributed by atoms with Gasteiger partial charge in [-0.15, -0.1) is 0 Å². The Morgan fingerprint density at radius 3 is 2.12 bits per heavy atom. The van der Waals surface area contributed by atoms with Gasteiger partial charge in [0.15, 0.2) is 0 Å². The van der Waals surface area contributed by atoms with Crippen molar-refractivity contribution in [3.8, 4) is 0 Å². The molecule has 3 N–H and O–H groups in total. The molecule has 140 valence electrons. The number of carbonyl (C=O) groups is 2. The van der Waals surface area contributed by atoms with Gasteiger partial charge in [0, 0.05) is 17.9 Å². The number of rotatable bonds is 6. The van der Waals surface area contributed by atoms with E-state index in [1.165, 1.54) is 24.3 Å². The lowest BCUT2D eigenvalue weighted by Crippen LogP contribution is -2.35. The van der Waals surface area contributed by atoms with Crippen molar-refractivity contribution in [2.45, 2.75) is 26.7 Å². The van der Waals surface area contributed by atoms with Gasteiger partial charge in [-0.05, 0) is 38.5 Å². The van der Waals surface area contributed by atoms with Gasteiger partial charge >= 0.3 is 11.9 Å². The van der Waals surface area contributed by atoms with Gasteiger partial charge in [-0.3, -0.25) is 0 Å². The van der Waals surface area contributed by atoms with E-state index in [0.29, 0.717) is 17.0 Å². The summed E-state index contributed by atoms with van der Waals surface area (Å²) < 4.78 is 23.7. The molecule has 26 heavy (non-hydrogen) atoms. The molecular formula is C19H23FN2O4. The highest BCUT2D eigenvalue weighted by atomic mass is 19.1. The minimum atomic E-state index is -0.756. The van der Waals surface area contributed by atoms with Crippen molar-refractivity contribution in [1.82, 2.24) is 5.32 Å². The van der Waals surface area contributed by atoms with Crippen LogP contribution < -0.4 is 11.1 Å². The highest BCUT2D eigenvalue weighted by Crippen LogP contribution is 2.39. The molecule has 0 aromatic heterocycles. The normalized spacial score (nSPS) is 17.0. The number of nitrogens with two attached hydrogens (primary N) is 1. The van der Waals surface area contributed by atoms with Gasteiger partial charge in [0.25, 0.3) is 0 Å². The molecule has 1 aliphatic heterocycles. The predicted octanol–water partition coefficient (Wildman–Crippen LogP) is 2.13. The van der Waals surface area contributed by atoms with Crippen LogP contribution >= 0.6 is 0 Å². The van der Waals surface area contributed by atoms with Crippen molar-refractivity contribution in [1.29, 1.82) is 0 Å². The van der Waals surface area contributed by atoms with Gasteiger partial charge in [0.05, 0.1) is 30.3 Å². The van der Waals surface area contributed by atoms with Crippen LogP contribution in [-0.2, 0) is 19.1 Å². The summed E-state index contributed by atoms with van der Waals surface area (Å²) in [5.41, 5.74) is 7.88. The van der Waals surface area contributed by atoms with Gasteiger partial charge in [-0.2, -0.15) is 0 Å². The molecule has 0 bridgehead atoms. The van der Waals surface area contributed by atoms with Crippen molar-refractivity contribution in [2.75, 3.05) is 19.8 Å². The number of allylic oxidation sites excluding steroid dienone is 1. The fourth-order valence-electron chi connectivity index (χ4n) is 2.98. The summed E-state index contributed by atoms with van der Waals surface area (Å²) >= 11 is 0. The van der Waals surface area contributed by atoms with Crippen molar-refractivity contribution in [3.63, 3.8) is 0 Å². The first-order valence-electron chi connectivity index (χ1n) is 8.45. The minimum absolute atomic E-state index is 0.0548. The molecule has 1 atom stereocenters. The molecule has 6 nitrogen and oxygen atoms in total. The second kappa shape index (κ2) is 8.62. The lowest BCUT2D eigenvalue weighted by Gasteiger charge is -2.31. The Bertz CT molecular complexity index is 753. The zero-order valence-corrected chi connectivity index (χ0v) is 15.1. The van der Waals surface area contributed by atoms with Crippen molar-refractivity contribution < 1.29 is 23.5 Å². The molecule has 1 heterocycles. The second-order valence-corrected chi connectivity index (χ2v) is 5.69. The SMILES string of the molecule is CCOC(=O)C1=C(C)NC(CN)=C(C(=O)OCC)C1c1ccc(F)cc1. The molecule has 1 unspecified atom stereocenters. The average Bonchev–Trinajstić information content (AvgIpc) is 2.61. The number of benzene rings is 1. The summed E-state index contributed by atoms with van der Waals surface area (Å²) in [4.78, 5) is 25.2. The maximum absolute atomic E-state index is 13.4. The largest absolute Gasteiger partial charge is 0.463 e. The molecule has 0 saturated carbocycles. The number of hydrogen-bond acceptors (Lipinski definition) is 6. The van der Waals surface area contributed by atoms with E-state index in [9.17, 15) is 14.0 Å². The minimum Gasteiger partial charge on any atom is -0.463 e. The van der Waals surface area contributed by atoms with Crippen LogP contribution in [-0.4, -0.2) is 31.7 Å². The summed E-state index contributed by atoms with van der Waals surface area (Å²) in [5, 5.41) is 3.01. The first-order valence-corrected chi connectivity index (χ1v) is 8.45. The monoisotopic (exact) mass is 362 g/mol. The summed E-state index contributed by atoms with van der Waals surface area (Å²) in [5.74, 6) is -2.30. The fraction of sp³-hybridized carbons (Fsp3) is 0.368. The molecule has 0 radical (unpaired) electrons. The third-order valence-corrected chi connectivity index (χ3v) is 4.04. The van der Waals surface area contributed by atoms with Crippen LogP contribution in [0.5, 0.6) is 0 Å². The predicted molar refractivity (Wildman–Crippen MR) is 94.3 cm³/mol. The zero-order valence-electron chi connectivity index (χ0n) is 15.1. The van der Waals surface area contributed by atoms with E-state index in [1.807, 2.05) is 0 Å². The van der Waals surface area contributed by atoms with Gasteiger partial charge in [-0.25, -0.2) is 14.0 Å². The summed E-state index contributed by atoms with van der Waals surface area (Å²) in [6.45, 7) is 5.52.